The second-order valence-electron chi connectivity index (χ2n) is 3.72. The molecule has 3 nitrogen and oxygen atoms in total. The molecule has 1 aromatic rings. The second-order valence-corrected chi connectivity index (χ2v) is 4.63. The molecule has 0 amide bonds. The number of halogens is 3. The number of nitrogens with zero attached hydrogens (tertiary/aromatic N) is 1. The summed E-state index contributed by atoms with van der Waals surface area (Å²) in [6.45, 7) is 1.26. The Bertz CT molecular complexity index is 418. The van der Waals surface area contributed by atoms with Crippen LogP contribution in [0, 0.1) is 5.92 Å². The number of alkyl halides is 2. The molecule has 0 radical (unpaired) electrons. The van der Waals surface area contributed by atoms with Gasteiger partial charge < -0.3 is 4.74 Å². The van der Waals surface area contributed by atoms with Crippen LogP contribution in [0.1, 0.15) is 20.4 Å². The lowest BCUT2D eigenvalue weighted by molar-refractivity contribution is 0.0646. The molecule has 0 spiro atoms. The average molecular weight is 296 g/mol. The van der Waals surface area contributed by atoms with Gasteiger partial charge in [-0.05, 0) is 21.8 Å². The first kappa shape index (κ1) is 13.2. The summed E-state index contributed by atoms with van der Waals surface area (Å²) < 4.78 is 30.8. The lowest BCUT2D eigenvalue weighted by Gasteiger charge is -2.11. The second kappa shape index (κ2) is 5.43. The minimum Gasteiger partial charge on any atom is -0.488 e. The predicted octanol–water partition coefficient (Wildman–Crippen LogP) is 3.04. The van der Waals surface area contributed by atoms with E-state index < -0.39 is 12.1 Å². The molecule has 0 aromatic carbocycles. The number of hydrogen-bond donors (Lipinski definition) is 0. The zero-order chi connectivity index (χ0) is 12.3. The van der Waals surface area contributed by atoms with Gasteiger partial charge in [-0.1, -0.05) is 13.8 Å². The fourth-order valence-electron chi connectivity index (χ4n) is 1.05. The van der Waals surface area contributed by atoms with E-state index in [0.717, 1.165) is 6.20 Å². The smallest absolute Gasteiger partial charge is 0.321 e. The van der Waals surface area contributed by atoms with Crippen LogP contribution in [0.5, 0.6) is 5.75 Å². The van der Waals surface area contributed by atoms with Crippen molar-refractivity contribution < 1.29 is 13.5 Å². The van der Waals surface area contributed by atoms with Crippen molar-refractivity contribution in [2.75, 3.05) is 6.61 Å². The molecule has 0 aliphatic heterocycles. The molecule has 0 fully saturated rings. The van der Waals surface area contributed by atoms with Crippen LogP contribution < -0.4 is 10.3 Å². The standard InChI is InChI=1S/C10H12BrF2NO2/c1-6(2)5-16-8-3-7(11)4-14(9(8)15)10(12)13/h3-4,6,10H,5H2,1-2H3. The molecule has 0 saturated heterocycles. The summed E-state index contributed by atoms with van der Waals surface area (Å²) >= 11 is 3.05. The summed E-state index contributed by atoms with van der Waals surface area (Å²) in [5, 5.41) is 0. The SMILES string of the molecule is CC(C)COc1cc(Br)cn(C(F)F)c1=O. The summed E-state index contributed by atoms with van der Waals surface area (Å²) in [7, 11) is 0. The van der Waals surface area contributed by atoms with Crippen molar-refractivity contribution in [1.82, 2.24) is 4.57 Å². The van der Waals surface area contributed by atoms with Gasteiger partial charge in [0.1, 0.15) is 0 Å². The van der Waals surface area contributed by atoms with Gasteiger partial charge in [0.05, 0.1) is 6.61 Å². The Balaban J connectivity index is 3.05. The zero-order valence-electron chi connectivity index (χ0n) is 8.91. The summed E-state index contributed by atoms with van der Waals surface area (Å²) in [6, 6.07) is 1.39. The minimum atomic E-state index is -2.87. The van der Waals surface area contributed by atoms with Crippen LogP contribution in [-0.2, 0) is 0 Å². The highest BCUT2D eigenvalue weighted by Crippen LogP contribution is 2.18. The van der Waals surface area contributed by atoms with Gasteiger partial charge in [-0.2, -0.15) is 8.78 Å². The van der Waals surface area contributed by atoms with Crippen LogP contribution in [0.2, 0.25) is 0 Å². The lowest BCUT2D eigenvalue weighted by atomic mass is 10.2. The number of ether oxygens (including phenoxy) is 1. The van der Waals surface area contributed by atoms with Crippen LogP contribution in [0.4, 0.5) is 8.78 Å². The van der Waals surface area contributed by atoms with Crippen molar-refractivity contribution in [1.29, 1.82) is 0 Å². The molecule has 16 heavy (non-hydrogen) atoms. The molecule has 0 bridgehead atoms. The molecule has 0 saturated carbocycles. The summed E-state index contributed by atoms with van der Waals surface area (Å²) in [4.78, 5) is 11.5. The van der Waals surface area contributed by atoms with Gasteiger partial charge in [0.15, 0.2) is 5.75 Å². The molecule has 6 heteroatoms. The summed E-state index contributed by atoms with van der Waals surface area (Å²) in [5.74, 6) is 0.154. The maximum Gasteiger partial charge on any atom is 0.321 e. The Labute approximate surface area is 100 Å². The van der Waals surface area contributed by atoms with E-state index in [1.807, 2.05) is 13.8 Å². The molecule has 0 unspecified atom stereocenters. The highest BCUT2D eigenvalue weighted by atomic mass is 79.9. The van der Waals surface area contributed by atoms with Crippen LogP contribution in [0.3, 0.4) is 0 Å². The fourth-order valence-corrected chi connectivity index (χ4v) is 1.48. The van der Waals surface area contributed by atoms with Gasteiger partial charge in [-0.15, -0.1) is 0 Å². The van der Waals surface area contributed by atoms with Crippen molar-refractivity contribution in [2.24, 2.45) is 5.92 Å². The van der Waals surface area contributed by atoms with E-state index >= 15 is 0 Å². The summed E-state index contributed by atoms with van der Waals surface area (Å²) in [5.41, 5.74) is -0.821. The average Bonchev–Trinajstić information content (AvgIpc) is 2.18. The fraction of sp³-hybridized carbons (Fsp3) is 0.500. The molecule has 1 heterocycles. The lowest BCUT2D eigenvalue weighted by Crippen LogP contribution is -2.23. The van der Waals surface area contributed by atoms with Crippen molar-refractivity contribution in [3.63, 3.8) is 0 Å². The van der Waals surface area contributed by atoms with Crippen molar-refractivity contribution >= 4 is 15.9 Å². The van der Waals surface area contributed by atoms with Crippen molar-refractivity contribution in [3.05, 3.63) is 27.1 Å². The van der Waals surface area contributed by atoms with E-state index in [1.165, 1.54) is 6.07 Å². The highest BCUT2D eigenvalue weighted by Gasteiger charge is 2.13. The third-order valence-corrected chi connectivity index (χ3v) is 2.19. The van der Waals surface area contributed by atoms with E-state index in [1.54, 1.807) is 0 Å². The maximum absolute atomic E-state index is 12.5. The Kier molecular flexibility index (Phi) is 4.46. The minimum absolute atomic E-state index is 0.0663. The van der Waals surface area contributed by atoms with Gasteiger partial charge in [-0.3, -0.25) is 9.36 Å². The molecule has 0 aliphatic carbocycles. The van der Waals surface area contributed by atoms with Gasteiger partial charge >= 0.3 is 6.55 Å². The molecular weight excluding hydrogens is 284 g/mol. The van der Waals surface area contributed by atoms with E-state index in [-0.39, 0.29) is 11.7 Å². The number of pyridine rings is 1. The first-order valence-corrected chi connectivity index (χ1v) is 5.53. The monoisotopic (exact) mass is 295 g/mol. The van der Waals surface area contributed by atoms with Gasteiger partial charge in [0.25, 0.3) is 5.56 Å². The molecule has 1 aromatic heterocycles. The number of rotatable bonds is 4. The Hall–Kier alpha value is -0.910. The molecule has 90 valence electrons. The van der Waals surface area contributed by atoms with Crippen LogP contribution in [0.15, 0.2) is 21.5 Å². The van der Waals surface area contributed by atoms with E-state index in [9.17, 15) is 13.6 Å². The van der Waals surface area contributed by atoms with Crippen LogP contribution in [-0.4, -0.2) is 11.2 Å². The van der Waals surface area contributed by atoms with Crippen molar-refractivity contribution in [3.8, 4) is 5.75 Å². The number of aromatic nitrogens is 1. The first-order valence-electron chi connectivity index (χ1n) is 4.74. The maximum atomic E-state index is 12.5. The zero-order valence-corrected chi connectivity index (χ0v) is 10.5. The quantitative estimate of drug-likeness (QED) is 0.855. The van der Waals surface area contributed by atoms with Gasteiger partial charge in [0.2, 0.25) is 0 Å². The summed E-state index contributed by atoms with van der Waals surface area (Å²) in [6.07, 6.45) is 1.04. The number of hydrogen-bond acceptors (Lipinski definition) is 2. The van der Waals surface area contributed by atoms with Crippen LogP contribution >= 0.6 is 15.9 Å². The van der Waals surface area contributed by atoms with Crippen molar-refractivity contribution in [2.45, 2.75) is 20.4 Å². The van der Waals surface area contributed by atoms with Gasteiger partial charge in [-0.25, -0.2) is 0 Å². The van der Waals surface area contributed by atoms with Gasteiger partial charge in [0, 0.05) is 16.7 Å². The van der Waals surface area contributed by atoms with E-state index in [0.29, 0.717) is 15.6 Å². The largest absolute Gasteiger partial charge is 0.488 e. The van der Waals surface area contributed by atoms with Crippen LogP contribution in [0.25, 0.3) is 0 Å². The predicted molar refractivity (Wildman–Crippen MR) is 60.0 cm³/mol. The third-order valence-electron chi connectivity index (χ3n) is 1.76. The molecule has 0 atom stereocenters. The Morgan fingerprint density at radius 3 is 2.62 bits per heavy atom. The molecular formula is C10H12BrF2NO2. The first-order chi connectivity index (χ1) is 7.41. The molecule has 0 aliphatic rings. The topological polar surface area (TPSA) is 31.2 Å². The molecule has 0 N–H and O–H groups in total. The third kappa shape index (κ3) is 3.30. The van der Waals surface area contributed by atoms with E-state index in [4.69, 9.17) is 4.74 Å². The normalized spacial score (nSPS) is 11.2. The highest BCUT2D eigenvalue weighted by molar-refractivity contribution is 9.10. The Morgan fingerprint density at radius 2 is 2.12 bits per heavy atom. The van der Waals surface area contributed by atoms with E-state index in [2.05, 4.69) is 15.9 Å². The Morgan fingerprint density at radius 1 is 1.50 bits per heavy atom. The molecule has 1 rings (SSSR count).